The maximum Gasteiger partial charge on any atom is 0.264 e. The topological polar surface area (TPSA) is 74.7 Å². The maximum atomic E-state index is 12.5. The fourth-order valence-electron chi connectivity index (χ4n) is 2.18. The Labute approximate surface area is 145 Å². The van der Waals surface area contributed by atoms with Gasteiger partial charge in [0, 0.05) is 29.9 Å². The lowest BCUT2D eigenvalue weighted by molar-refractivity contribution is 0.0941. The molecule has 0 aliphatic carbocycles. The average molecular weight is 421 g/mol. The van der Waals surface area contributed by atoms with Crippen LogP contribution in [0.15, 0.2) is 29.7 Å². The molecule has 0 amide bonds. The normalized spacial score (nSPS) is 10.6. The summed E-state index contributed by atoms with van der Waals surface area (Å²) in [6.45, 7) is 1.65. The Kier molecular flexibility index (Phi) is 4.04. The van der Waals surface area contributed by atoms with Crippen molar-refractivity contribution in [3.8, 4) is 11.8 Å². The zero-order chi connectivity index (χ0) is 16.6. The second-order valence-corrected chi connectivity index (χ2v) is 6.11. The molecule has 0 unspecified atom stereocenters. The van der Waals surface area contributed by atoms with E-state index in [9.17, 15) is 9.59 Å². The molecule has 7 nitrogen and oxygen atoms in total. The van der Waals surface area contributed by atoms with Crippen LogP contribution in [0.4, 0.5) is 0 Å². The molecule has 0 aliphatic heterocycles. The molecule has 0 aromatic carbocycles. The number of carbonyl (C=O) groups excluding carboxylic acids is 1. The van der Waals surface area contributed by atoms with Gasteiger partial charge in [0.15, 0.2) is 5.65 Å². The zero-order valence-corrected chi connectivity index (χ0v) is 14.6. The molecule has 3 aromatic rings. The third-order valence-electron chi connectivity index (χ3n) is 3.25. The summed E-state index contributed by atoms with van der Waals surface area (Å²) in [5.74, 6) is 5.69. The molecule has 0 fully saturated rings. The van der Waals surface area contributed by atoms with Gasteiger partial charge in [-0.05, 0) is 22.6 Å². The van der Waals surface area contributed by atoms with Crippen LogP contribution in [0, 0.1) is 15.4 Å². The summed E-state index contributed by atoms with van der Waals surface area (Å²) in [7, 11) is 1.81. The third-order valence-corrected chi connectivity index (χ3v) is 4.07. The fourth-order valence-corrected chi connectivity index (χ4v) is 2.93. The van der Waals surface area contributed by atoms with Crippen LogP contribution in [0.2, 0.25) is 0 Å². The second kappa shape index (κ2) is 6.00. The summed E-state index contributed by atoms with van der Waals surface area (Å²) >= 11 is 2.03. The molecule has 116 valence electrons. The van der Waals surface area contributed by atoms with Crippen LogP contribution in [-0.4, -0.2) is 29.8 Å². The Balaban J connectivity index is 1.99. The predicted molar refractivity (Wildman–Crippen MR) is 93.1 cm³/mol. The quantitative estimate of drug-likeness (QED) is 0.438. The molecule has 0 saturated heterocycles. The van der Waals surface area contributed by atoms with E-state index in [4.69, 9.17) is 0 Å². The van der Waals surface area contributed by atoms with Crippen molar-refractivity contribution in [1.82, 2.24) is 23.9 Å². The van der Waals surface area contributed by atoms with Crippen LogP contribution in [-0.2, 0) is 13.6 Å². The number of halogens is 1. The summed E-state index contributed by atoms with van der Waals surface area (Å²) in [5.41, 5.74) is 0.954. The van der Waals surface area contributed by atoms with Crippen molar-refractivity contribution in [1.29, 1.82) is 0 Å². The van der Waals surface area contributed by atoms with Crippen molar-refractivity contribution in [3.05, 3.63) is 44.4 Å². The Bertz CT molecular complexity index is 1030. The highest BCUT2D eigenvalue weighted by molar-refractivity contribution is 14.1. The Morgan fingerprint density at radius 3 is 2.83 bits per heavy atom. The lowest BCUT2D eigenvalue weighted by atomic mass is 10.3. The molecule has 0 saturated carbocycles. The van der Waals surface area contributed by atoms with E-state index in [2.05, 4.69) is 21.9 Å². The Morgan fingerprint density at radius 1 is 1.39 bits per heavy atom. The second-order valence-electron chi connectivity index (χ2n) is 4.95. The molecule has 3 heterocycles. The summed E-state index contributed by atoms with van der Waals surface area (Å²) in [6.07, 6.45) is 6.49. The van der Waals surface area contributed by atoms with Crippen LogP contribution in [0.3, 0.4) is 0 Å². The van der Waals surface area contributed by atoms with E-state index in [1.54, 1.807) is 23.3 Å². The minimum atomic E-state index is -0.208. The largest absolute Gasteiger partial charge is 0.287 e. The number of nitrogens with zero attached hydrogens (tertiary/aromatic N) is 5. The molecule has 0 atom stereocenters. The average Bonchev–Trinajstić information content (AvgIpc) is 3.05. The lowest BCUT2D eigenvalue weighted by Crippen LogP contribution is -2.21. The first-order valence-corrected chi connectivity index (χ1v) is 7.79. The van der Waals surface area contributed by atoms with Gasteiger partial charge in [-0.15, -0.1) is 0 Å². The molecular formula is C15H12IN5O2. The SMILES string of the molecule is CC(=O)n1cc(I)c2c(=O)n(CC#Cc3cnn(C)c3)cnc21. The van der Waals surface area contributed by atoms with Gasteiger partial charge in [0.05, 0.1) is 23.7 Å². The molecule has 0 spiro atoms. The highest BCUT2D eigenvalue weighted by atomic mass is 127. The maximum absolute atomic E-state index is 12.5. The van der Waals surface area contributed by atoms with Crippen LogP contribution in [0.25, 0.3) is 11.0 Å². The van der Waals surface area contributed by atoms with Crippen LogP contribution < -0.4 is 5.56 Å². The van der Waals surface area contributed by atoms with Crippen LogP contribution in [0.1, 0.15) is 17.3 Å². The van der Waals surface area contributed by atoms with Crippen molar-refractivity contribution >= 4 is 39.5 Å². The van der Waals surface area contributed by atoms with Crippen LogP contribution in [0.5, 0.6) is 0 Å². The van der Waals surface area contributed by atoms with Gasteiger partial charge in [0.2, 0.25) is 5.91 Å². The number of aryl methyl sites for hydroxylation is 1. The van der Waals surface area contributed by atoms with Gasteiger partial charge in [-0.3, -0.25) is 23.4 Å². The summed E-state index contributed by atoms with van der Waals surface area (Å²) < 4.78 is 5.17. The lowest BCUT2D eigenvalue weighted by Gasteiger charge is -2.01. The van der Waals surface area contributed by atoms with E-state index in [1.807, 2.05) is 29.6 Å². The number of fused-ring (bicyclic) bond motifs is 1. The van der Waals surface area contributed by atoms with E-state index in [1.165, 1.54) is 22.4 Å². The van der Waals surface area contributed by atoms with Gasteiger partial charge in [0.1, 0.15) is 6.33 Å². The molecule has 23 heavy (non-hydrogen) atoms. The smallest absolute Gasteiger partial charge is 0.264 e. The minimum absolute atomic E-state index is 0.182. The van der Waals surface area contributed by atoms with Gasteiger partial charge in [0.25, 0.3) is 5.56 Å². The number of rotatable bonds is 1. The molecule has 0 bridgehead atoms. The molecule has 0 aliphatic rings. The number of aromatic nitrogens is 5. The highest BCUT2D eigenvalue weighted by Gasteiger charge is 2.15. The van der Waals surface area contributed by atoms with E-state index < -0.39 is 0 Å². The molecule has 0 radical (unpaired) electrons. The van der Waals surface area contributed by atoms with Gasteiger partial charge >= 0.3 is 0 Å². The van der Waals surface area contributed by atoms with Crippen molar-refractivity contribution < 1.29 is 4.79 Å². The van der Waals surface area contributed by atoms with Crippen LogP contribution >= 0.6 is 22.6 Å². The van der Waals surface area contributed by atoms with E-state index in [0.29, 0.717) is 14.6 Å². The molecule has 0 N–H and O–H groups in total. The fraction of sp³-hybridized carbons (Fsp3) is 0.200. The van der Waals surface area contributed by atoms with E-state index in [0.717, 1.165) is 5.56 Å². The Hall–Kier alpha value is -2.41. The number of hydrogen-bond donors (Lipinski definition) is 0. The first-order valence-electron chi connectivity index (χ1n) is 6.72. The zero-order valence-electron chi connectivity index (χ0n) is 12.4. The van der Waals surface area contributed by atoms with E-state index >= 15 is 0 Å². The Morgan fingerprint density at radius 2 is 2.17 bits per heavy atom. The van der Waals surface area contributed by atoms with Crippen molar-refractivity contribution in [2.45, 2.75) is 13.5 Å². The summed E-state index contributed by atoms with van der Waals surface area (Å²) in [4.78, 5) is 28.4. The van der Waals surface area contributed by atoms with Crippen molar-refractivity contribution in [2.24, 2.45) is 7.05 Å². The monoisotopic (exact) mass is 421 g/mol. The molecule has 3 aromatic heterocycles. The summed E-state index contributed by atoms with van der Waals surface area (Å²) in [5, 5.41) is 4.47. The van der Waals surface area contributed by atoms with Gasteiger partial charge < -0.3 is 0 Å². The molecule has 3 rings (SSSR count). The first kappa shape index (κ1) is 15.5. The predicted octanol–water partition coefficient (Wildman–Crippen LogP) is 1.25. The molecular weight excluding hydrogens is 409 g/mol. The number of carbonyl (C=O) groups is 1. The van der Waals surface area contributed by atoms with Crippen molar-refractivity contribution in [2.75, 3.05) is 0 Å². The molecule has 8 heteroatoms. The van der Waals surface area contributed by atoms with Gasteiger partial charge in [-0.1, -0.05) is 11.8 Å². The van der Waals surface area contributed by atoms with Gasteiger partial charge in [-0.2, -0.15) is 5.10 Å². The summed E-state index contributed by atoms with van der Waals surface area (Å²) in [6, 6.07) is 0. The highest BCUT2D eigenvalue weighted by Crippen LogP contribution is 2.17. The third kappa shape index (κ3) is 2.92. The van der Waals surface area contributed by atoms with Crippen molar-refractivity contribution in [3.63, 3.8) is 0 Å². The minimum Gasteiger partial charge on any atom is -0.287 e. The van der Waals surface area contributed by atoms with E-state index in [-0.39, 0.29) is 18.0 Å². The standard InChI is InChI=1S/C15H12IN5O2/c1-10(22)21-8-12(16)13-14(21)17-9-20(15(13)23)5-3-4-11-6-18-19(2)7-11/h6-9H,5H2,1-2H3. The van der Waals surface area contributed by atoms with Gasteiger partial charge in [-0.25, -0.2) is 4.98 Å². The first-order chi connectivity index (χ1) is 11.0. The number of hydrogen-bond acceptors (Lipinski definition) is 4.